The Kier molecular flexibility index (Phi) is 4.84. The van der Waals surface area contributed by atoms with Crippen LogP contribution >= 0.6 is 15.9 Å². The molecule has 0 N–H and O–H groups in total. The lowest BCUT2D eigenvalue weighted by atomic mass is 10.0. The molecule has 0 aromatic heterocycles. The zero-order chi connectivity index (χ0) is 19.7. The summed E-state index contributed by atoms with van der Waals surface area (Å²) in [6, 6.07) is 19.7. The van der Waals surface area contributed by atoms with Crippen molar-refractivity contribution in [3.05, 3.63) is 99.2 Å². The highest BCUT2D eigenvalue weighted by molar-refractivity contribution is 9.10. The minimum absolute atomic E-state index is 0.181. The van der Waals surface area contributed by atoms with E-state index in [-0.39, 0.29) is 11.5 Å². The fraction of sp³-hybridized carbons (Fsp3) is 0.0435. The lowest BCUT2D eigenvalue weighted by Crippen LogP contribution is -2.09. The Morgan fingerprint density at radius 3 is 2.50 bits per heavy atom. The quantitative estimate of drug-likeness (QED) is 0.306. The van der Waals surface area contributed by atoms with Gasteiger partial charge in [0, 0.05) is 10.5 Å². The van der Waals surface area contributed by atoms with Gasteiger partial charge in [0.25, 0.3) is 0 Å². The minimum atomic E-state index is -0.490. The maximum absolute atomic E-state index is 12.7. The van der Waals surface area contributed by atoms with Gasteiger partial charge in [0.1, 0.15) is 11.5 Å². The highest BCUT2D eigenvalue weighted by atomic mass is 79.9. The van der Waals surface area contributed by atoms with Crippen LogP contribution in [0.2, 0.25) is 0 Å². The summed E-state index contributed by atoms with van der Waals surface area (Å²) in [6.45, 7) is 1.79. The number of halogens is 1. The molecular weight excluding hydrogens is 420 g/mol. The Balaban J connectivity index is 1.63. The van der Waals surface area contributed by atoms with Crippen LogP contribution in [0.15, 0.2) is 77.0 Å². The molecule has 0 saturated heterocycles. The van der Waals surface area contributed by atoms with Gasteiger partial charge in [-0.3, -0.25) is 4.79 Å². The summed E-state index contributed by atoms with van der Waals surface area (Å²) in [6.07, 6.45) is 1.70. The largest absolute Gasteiger partial charge is 0.452 e. The van der Waals surface area contributed by atoms with Gasteiger partial charge in [0.05, 0.1) is 11.1 Å². The van der Waals surface area contributed by atoms with Crippen LogP contribution in [-0.2, 0) is 0 Å². The summed E-state index contributed by atoms with van der Waals surface area (Å²) in [5.41, 5.74) is 2.47. The van der Waals surface area contributed by atoms with E-state index in [4.69, 9.17) is 9.47 Å². The van der Waals surface area contributed by atoms with Gasteiger partial charge in [-0.25, -0.2) is 4.79 Å². The predicted molar refractivity (Wildman–Crippen MR) is 110 cm³/mol. The van der Waals surface area contributed by atoms with E-state index in [0.29, 0.717) is 32.7 Å². The molecule has 3 aromatic carbocycles. The summed E-state index contributed by atoms with van der Waals surface area (Å²) in [5, 5.41) is 0. The van der Waals surface area contributed by atoms with Crippen molar-refractivity contribution in [3.8, 4) is 11.5 Å². The van der Waals surface area contributed by atoms with Crippen molar-refractivity contribution in [1.29, 1.82) is 0 Å². The van der Waals surface area contributed by atoms with Gasteiger partial charge in [0.2, 0.25) is 5.78 Å². The number of carbonyl (C=O) groups excluding carboxylic acids is 2. The summed E-state index contributed by atoms with van der Waals surface area (Å²) >= 11 is 3.34. The molecule has 0 amide bonds. The first-order chi connectivity index (χ1) is 13.5. The summed E-state index contributed by atoms with van der Waals surface area (Å²) in [5.74, 6) is 0.294. The van der Waals surface area contributed by atoms with Crippen LogP contribution in [0.25, 0.3) is 6.08 Å². The van der Waals surface area contributed by atoms with Crippen molar-refractivity contribution in [1.82, 2.24) is 0 Å². The SMILES string of the molecule is Cc1cc(OC(=O)c2ccccc2Br)cc2c1C(=O)/C(=C/c1ccccc1)O2. The molecule has 0 atom stereocenters. The van der Waals surface area contributed by atoms with Crippen LogP contribution in [0.3, 0.4) is 0 Å². The third-order valence-corrected chi connectivity index (χ3v) is 5.04. The van der Waals surface area contributed by atoms with E-state index in [0.717, 1.165) is 5.56 Å². The summed E-state index contributed by atoms with van der Waals surface area (Å²) < 4.78 is 11.9. The molecule has 0 saturated carbocycles. The molecule has 5 heteroatoms. The minimum Gasteiger partial charge on any atom is -0.452 e. The van der Waals surface area contributed by atoms with Gasteiger partial charge in [-0.05, 0) is 58.3 Å². The molecule has 1 heterocycles. The smallest absolute Gasteiger partial charge is 0.344 e. The molecule has 0 aliphatic carbocycles. The lowest BCUT2D eigenvalue weighted by Gasteiger charge is -2.08. The average molecular weight is 435 g/mol. The zero-order valence-corrected chi connectivity index (χ0v) is 16.5. The zero-order valence-electron chi connectivity index (χ0n) is 14.9. The number of benzene rings is 3. The molecule has 138 valence electrons. The Hall–Kier alpha value is -3.18. The van der Waals surface area contributed by atoms with E-state index in [1.807, 2.05) is 36.4 Å². The maximum atomic E-state index is 12.7. The third-order valence-electron chi connectivity index (χ3n) is 4.35. The second-order valence-corrected chi connectivity index (χ2v) is 7.19. The standard InChI is InChI=1S/C23H15BrO4/c1-14-11-16(27-23(26)17-9-5-6-10-18(17)24)13-19-21(14)22(25)20(28-19)12-15-7-3-2-4-8-15/h2-13H,1H3/b20-12-. The van der Waals surface area contributed by atoms with Crippen LogP contribution in [0.5, 0.6) is 11.5 Å². The van der Waals surface area contributed by atoms with Crippen molar-refractivity contribution in [2.75, 3.05) is 0 Å². The Bertz CT molecular complexity index is 1120. The number of carbonyl (C=O) groups is 2. The molecule has 1 aliphatic heterocycles. The fourth-order valence-corrected chi connectivity index (χ4v) is 3.47. The van der Waals surface area contributed by atoms with Crippen molar-refractivity contribution in [2.45, 2.75) is 6.92 Å². The molecule has 28 heavy (non-hydrogen) atoms. The molecule has 0 unspecified atom stereocenters. The van der Waals surface area contributed by atoms with E-state index in [2.05, 4.69) is 15.9 Å². The predicted octanol–water partition coefficient (Wildman–Crippen LogP) is 5.59. The van der Waals surface area contributed by atoms with Gasteiger partial charge in [-0.15, -0.1) is 0 Å². The number of fused-ring (bicyclic) bond motifs is 1. The van der Waals surface area contributed by atoms with Crippen LogP contribution in [-0.4, -0.2) is 11.8 Å². The van der Waals surface area contributed by atoms with Gasteiger partial charge in [-0.1, -0.05) is 42.5 Å². The van der Waals surface area contributed by atoms with Gasteiger partial charge in [-0.2, -0.15) is 0 Å². The van der Waals surface area contributed by atoms with Gasteiger partial charge in [0.15, 0.2) is 5.76 Å². The number of hydrogen-bond donors (Lipinski definition) is 0. The molecule has 4 rings (SSSR count). The molecule has 0 bridgehead atoms. The highest BCUT2D eigenvalue weighted by Gasteiger charge is 2.30. The molecule has 4 nitrogen and oxygen atoms in total. The van der Waals surface area contributed by atoms with Crippen LogP contribution in [0, 0.1) is 6.92 Å². The summed E-state index contributed by atoms with van der Waals surface area (Å²) in [4.78, 5) is 25.2. The second kappa shape index (κ2) is 7.44. The Labute approximate surface area is 170 Å². The van der Waals surface area contributed by atoms with Crippen LogP contribution < -0.4 is 9.47 Å². The molecular formula is C23H15BrO4. The fourth-order valence-electron chi connectivity index (χ4n) is 3.03. The number of rotatable bonds is 3. The topological polar surface area (TPSA) is 52.6 Å². The maximum Gasteiger partial charge on any atom is 0.344 e. The number of esters is 1. The van der Waals surface area contributed by atoms with Crippen molar-refractivity contribution in [3.63, 3.8) is 0 Å². The Morgan fingerprint density at radius 2 is 1.75 bits per heavy atom. The number of hydrogen-bond acceptors (Lipinski definition) is 4. The average Bonchev–Trinajstić information content (AvgIpc) is 2.98. The van der Waals surface area contributed by atoms with E-state index in [9.17, 15) is 9.59 Å². The van der Waals surface area contributed by atoms with Crippen LogP contribution in [0.1, 0.15) is 31.8 Å². The van der Waals surface area contributed by atoms with Gasteiger partial charge >= 0.3 is 5.97 Å². The first-order valence-corrected chi connectivity index (χ1v) is 9.43. The highest BCUT2D eigenvalue weighted by Crippen LogP contribution is 2.37. The van der Waals surface area contributed by atoms with Crippen molar-refractivity contribution in [2.24, 2.45) is 0 Å². The summed E-state index contributed by atoms with van der Waals surface area (Å²) in [7, 11) is 0. The number of ketones is 1. The number of aryl methyl sites for hydroxylation is 1. The molecule has 0 radical (unpaired) electrons. The van der Waals surface area contributed by atoms with Crippen LogP contribution in [0.4, 0.5) is 0 Å². The lowest BCUT2D eigenvalue weighted by molar-refractivity contribution is 0.0733. The molecule has 0 fully saturated rings. The van der Waals surface area contributed by atoms with Gasteiger partial charge < -0.3 is 9.47 Å². The molecule has 1 aliphatic rings. The van der Waals surface area contributed by atoms with Crippen molar-refractivity contribution >= 4 is 33.8 Å². The molecule has 0 spiro atoms. The van der Waals surface area contributed by atoms with E-state index < -0.39 is 5.97 Å². The normalized spacial score (nSPS) is 13.9. The van der Waals surface area contributed by atoms with E-state index in [1.165, 1.54) is 0 Å². The molecule has 3 aromatic rings. The number of Topliss-reactive ketones (excluding diaryl/α,β-unsaturated/α-hetero) is 1. The first-order valence-electron chi connectivity index (χ1n) is 8.63. The first kappa shape index (κ1) is 18.2. The number of ether oxygens (including phenoxy) is 2. The third kappa shape index (κ3) is 3.49. The van der Waals surface area contributed by atoms with E-state index in [1.54, 1.807) is 43.3 Å². The Morgan fingerprint density at radius 1 is 1.04 bits per heavy atom. The monoisotopic (exact) mass is 434 g/mol. The number of allylic oxidation sites excluding steroid dienone is 1. The van der Waals surface area contributed by atoms with Crippen molar-refractivity contribution < 1.29 is 19.1 Å². The second-order valence-electron chi connectivity index (χ2n) is 6.33. The van der Waals surface area contributed by atoms with E-state index >= 15 is 0 Å².